The molecule has 0 radical (unpaired) electrons. The molecule has 0 saturated carbocycles. The first-order valence-corrected chi connectivity index (χ1v) is 12.5. The van der Waals surface area contributed by atoms with E-state index in [4.69, 9.17) is 10.4 Å². The van der Waals surface area contributed by atoms with Crippen molar-refractivity contribution in [3.8, 4) is 11.3 Å². The number of aliphatic hydroxyl groups is 1. The molecule has 1 saturated heterocycles. The molecule has 0 atom stereocenters. The molecule has 2 N–H and O–H groups in total. The van der Waals surface area contributed by atoms with Crippen LogP contribution in [0.3, 0.4) is 0 Å². The summed E-state index contributed by atoms with van der Waals surface area (Å²) in [6.45, 7) is 9.01. The highest BCUT2D eigenvalue weighted by Crippen LogP contribution is 2.35. The zero-order valence-corrected chi connectivity index (χ0v) is 20.2. The van der Waals surface area contributed by atoms with Gasteiger partial charge in [0.05, 0.1) is 17.8 Å². The van der Waals surface area contributed by atoms with Gasteiger partial charge in [-0.3, -0.25) is 5.41 Å². The van der Waals surface area contributed by atoms with Crippen molar-refractivity contribution in [3.05, 3.63) is 69.7 Å². The average molecular weight is 459 g/mol. The summed E-state index contributed by atoms with van der Waals surface area (Å²) < 4.78 is 0. The predicted molar refractivity (Wildman–Crippen MR) is 139 cm³/mol. The summed E-state index contributed by atoms with van der Waals surface area (Å²) >= 11 is 1.47. The molecule has 33 heavy (non-hydrogen) atoms. The van der Waals surface area contributed by atoms with E-state index >= 15 is 0 Å². The van der Waals surface area contributed by atoms with Crippen molar-refractivity contribution in [1.29, 1.82) is 5.41 Å². The van der Waals surface area contributed by atoms with Crippen LogP contribution in [0.2, 0.25) is 0 Å². The Kier molecular flexibility index (Phi) is 5.71. The number of hydrogen-bond donors (Lipinski definition) is 2. The Morgan fingerprint density at radius 3 is 2.39 bits per heavy atom. The molecule has 5 nitrogen and oxygen atoms in total. The molecule has 170 valence electrons. The fourth-order valence-corrected chi connectivity index (χ4v) is 5.45. The van der Waals surface area contributed by atoms with Crippen molar-refractivity contribution >= 4 is 34.1 Å². The molecule has 5 rings (SSSR count). The Labute approximate surface area is 199 Å². The van der Waals surface area contributed by atoms with E-state index in [1.54, 1.807) is 0 Å². The van der Waals surface area contributed by atoms with Crippen LogP contribution >= 0.6 is 11.3 Å². The van der Waals surface area contributed by atoms with Gasteiger partial charge in [0.1, 0.15) is 16.6 Å². The molecule has 3 heterocycles. The quantitative estimate of drug-likeness (QED) is 0.473. The van der Waals surface area contributed by atoms with Crippen LogP contribution in [0.4, 0.5) is 11.4 Å². The maximum Gasteiger partial charge on any atom is 0.139 e. The molecule has 3 aromatic rings. The summed E-state index contributed by atoms with van der Waals surface area (Å²) in [6, 6.07) is 14.7. The number of benzene rings is 2. The van der Waals surface area contributed by atoms with Gasteiger partial charge < -0.3 is 14.9 Å². The van der Waals surface area contributed by atoms with Gasteiger partial charge in [-0.15, -0.1) is 11.3 Å². The summed E-state index contributed by atoms with van der Waals surface area (Å²) in [7, 11) is 0. The summed E-state index contributed by atoms with van der Waals surface area (Å²) in [5.41, 5.74) is 7.10. The minimum absolute atomic E-state index is 0.204. The Morgan fingerprint density at radius 2 is 1.70 bits per heavy atom. The van der Waals surface area contributed by atoms with Crippen molar-refractivity contribution in [2.24, 2.45) is 5.92 Å². The Morgan fingerprint density at radius 1 is 1.00 bits per heavy atom. The van der Waals surface area contributed by atoms with E-state index in [0.29, 0.717) is 23.0 Å². The lowest BCUT2D eigenvalue weighted by atomic mass is 9.99. The maximum atomic E-state index is 10.7. The normalized spacial score (nSPS) is 17.4. The predicted octanol–water partition coefficient (Wildman–Crippen LogP) is 6.43. The largest absolute Gasteiger partial charge is 0.510 e. The Balaban J connectivity index is 1.34. The zero-order valence-electron chi connectivity index (χ0n) is 19.4. The van der Waals surface area contributed by atoms with E-state index < -0.39 is 0 Å². The van der Waals surface area contributed by atoms with Crippen LogP contribution in [0.5, 0.6) is 0 Å². The first kappa shape index (κ1) is 21.7. The van der Waals surface area contributed by atoms with Crippen LogP contribution in [0.1, 0.15) is 35.9 Å². The molecule has 2 aromatic carbocycles. The van der Waals surface area contributed by atoms with Gasteiger partial charge in [-0.05, 0) is 74.1 Å². The van der Waals surface area contributed by atoms with E-state index in [9.17, 15) is 5.11 Å². The number of piperidine rings is 1. The second-order valence-electron chi connectivity index (χ2n) is 9.28. The molecular formula is C27H30N4OS. The molecule has 1 fully saturated rings. The smallest absolute Gasteiger partial charge is 0.139 e. The number of thiazole rings is 1. The molecule has 0 bridgehead atoms. The number of amidine groups is 1. The number of aliphatic hydroxyl groups excluding tert-OH is 1. The van der Waals surface area contributed by atoms with Crippen LogP contribution < -0.4 is 9.80 Å². The monoisotopic (exact) mass is 458 g/mol. The van der Waals surface area contributed by atoms with Crippen molar-refractivity contribution in [2.75, 3.05) is 29.4 Å². The first-order valence-electron chi connectivity index (χ1n) is 11.6. The van der Waals surface area contributed by atoms with Gasteiger partial charge in [-0.2, -0.15) is 0 Å². The highest BCUT2D eigenvalue weighted by Gasteiger charge is 2.31. The van der Waals surface area contributed by atoms with Crippen molar-refractivity contribution in [2.45, 2.75) is 33.6 Å². The van der Waals surface area contributed by atoms with E-state index in [-0.39, 0.29) is 5.76 Å². The summed E-state index contributed by atoms with van der Waals surface area (Å²) in [5, 5.41) is 22.2. The van der Waals surface area contributed by atoms with Crippen molar-refractivity contribution in [3.63, 3.8) is 0 Å². The van der Waals surface area contributed by atoms with Gasteiger partial charge in [0.15, 0.2) is 0 Å². The molecule has 0 spiro atoms. The lowest BCUT2D eigenvalue weighted by Gasteiger charge is -2.32. The molecule has 1 aromatic heterocycles. The molecule has 0 amide bonds. The highest BCUT2D eigenvalue weighted by atomic mass is 32.1. The number of nitrogens with zero attached hydrogens (tertiary/aromatic N) is 3. The Hall–Kier alpha value is -3.12. The van der Waals surface area contributed by atoms with Gasteiger partial charge in [0.2, 0.25) is 0 Å². The summed E-state index contributed by atoms with van der Waals surface area (Å²) in [5.74, 6) is 1.31. The summed E-state index contributed by atoms with van der Waals surface area (Å²) in [4.78, 5) is 9.06. The third-order valence-electron chi connectivity index (χ3n) is 6.93. The van der Waals surface area contributed by atoms with E-state index in [1.165, 1.54) is 41.0 Å². The van der Waals surface area contributed by atoms with E-state index in [1.807, 2.05) is 10.3 Å². The zero-order chi connectivity index (χ0) is 23.1. The minimum Gasteiger partial charge on any atom is -0.510 e. The number of aromatic nitrogens is 1. The second-order valence-corrected chi connectivity index (χ2v) is 10.1. The fraction of sp³-hybridized carbons (Fsp3) is 0.333. The molecular weight excluding hydrogens is 428 g/mol. The van der Waals surface area contributed by atoms with Crippen LogP contribution in [0, 0.1) is 25.2 Å². The van der Waals surface area contributed by atoms with Crippen LogP contribution in [-0.2, 0) is 0 Å². The summed E-state index contributed by atoms with van der Waals surface area (Å²) in [6.07, 6.45) is 2.47. The molecule has 0 aliphatic carbocycles. The van der Waals surface area contributed by atoms with Crippen LogP contribution in [0.15, 0.2) is 53.6 Å². The second kappa shape index (κ2) is 8.67. The molecule has 2 aliphatic rings. The highest BCUT2D eigenvalue weighted by molar-refractivity contribution is 7.11. The van der Waals surface area contributed by atoms with Crippen LogP contribution in [-0.4, -0.2) is 35.6 Å². The third-order valence-corrected chi connectivity index (χ3v) is 7.79. The van der Waals surface area contributed by atoms with Crippen molar-refractivity contribution in [1.82, 2.24) is 4.98 Å². The standard InChI is InChI=1S/C27H30N4OS/c1-17-10-12-30(13-11-17)21-6-8-22(9-7-21)31-15-24(32)25(26(31)28)27-29-23(16-33-27)20-5-4-18(2)19(3)14-20/h4-9,14,16-17,28,32H,10-13,15H2,1-3H3. The number of aryl methyl sites for hydroxylation is 2. The van der Waals surface area contributed by atoms with Gasteiger partial charge in [-0.1, -0.05) is 19.1 Å². The third kappa shape index (κ3) is 4.15. The lowest BCUT2D eigenvalue weighted by Crippen LogP contribution is -2.32. The number of nitrogens with one attached hydrogen (secondary N) is 1. The fourth-order valence-electron chi connectivity index (χ4n) is 4.56. The topological polar surface area (TPSA) is 63.5 Å². The Bertz CT molecular complexity index is 1220. The number of hydrogen-bond acceptors (Lipinski definition) is 5. The molecule has 2 aliphatic heterocycles. The minimum atomic E-state index is 0.204. The first-order chi connectivity index (χ1) is 15.9. The van der Waals surface area contributed by atoms with Gasteiger partial charge in [0.25, 0.3) is 0 Å². The van der Waals surface area contributed by atoms with E-state index in [2.05, 4.69) is 68.1 Å². The molecule has 0 unspecified atom stereocenters. The van der Waals surface area contributed by atoms with E-state index in [0.717, 1.165) is 36.0 Å². The SMILES string of the molecule is Cc1ccc(-c2csc(C3=C(O)CN(c4ccc(N5CCC(C)CC5)cc4)C3=N)n2)cc1C. The number of anilines is 2. The number of rotatable bonds is 4. The van der Waals surface area contributed by atoms with Crippen molar-refractivity contribution < 1.29 is 5.11 Å². The van der Waals surface area contributed by atoms with Gasteiger partial charge in [0, 0.05) is 35.4 Å². The van der Waals surface area contributed by atoms with Gasteiger partial charge in [-0.25, -0.2) is 4.98 Å². The van der Waals surface area contributed by atoms with Crippen LogP contribution in [0.25, 0.3) is 16.8 Å². The molecule has 6 heteroatoms. The average Bonchev–Trinajstić information content (AvgIpc) is 3.40. The maximum absolute atomic E-state index is 10.7. The lowest BCUT2D eigenvalue weighted by molar-refractivity contribution is 0.411. The van der Waals surface area contributed by atoms with Gasteiger partial charge >= 0.3 is 0 Å².